The molecule has 1 saturated carbocycles. The lowest BCUT2D eigenvalue weighted by molar-refractivity contribution is -0.161. The third-order valence-corrected chi connectivity index (χ3v) is 6.97. The molecule has 0 radical (unpaired) electrons. The number of fused-ring (bicyclic) bond motifs is 1. The third kappa shape index (κ3) is 3.24. The lowest BCUT2D eigenvalue weighted by Crippen LogP contribution is -2.49. The summed E-state index contributed by atoms with van der Waals surface area (Å²) in [6, 6.07) is 0. The van der Waals surface area contributed by atoms with Gasteiger partial charge in [0.25, 0.3) is 0 Å². The van der Waals surface area contributed by atoms with Gasteiger partial charge in [-0.15, -0.1) is 0 Å². The van der Waals surface area contributed by atoms with E-state index in [1.165, 1.54) is 0 Å². The van der Waals surface area contributed by atoms with Crippen molar-refractivity contribution in [2.24, 2.45) is 22.7 Å². The third-order valence-electron chi connectivity index (χ3n) is 6.97. The van der Waals surface area contributed by atoms with E-state index in [2.05, 4.69) is 0 Å². The second-order valence-corrected chi connectivity index (χ2v) is 8.03. The van der Waals surface area contributed by atoms with Gasteiger partial charge >= 0.3 is 5.97 Å². The van der Waals surface area contributed by atoms with E-state index in [0.29, 0.717) is 43.3 Å². The zero-order chi connectivity index (χ0) is 19.5. The van der Waals surface area contributed by atoms with Crippen LogP contribution in [0.5, 0.6) is 0 Å². The number of allylic oxidation sites excluding steroid dienone is 1. The van der Waals surface area contributed by atoms with Crippen molar-refractivity contribution in [3.63, 3.8) is 0 Å². The van der Waals surface area contributed by atoms with Crippen molar-refractivity contribution < 1.29 is 30.3 Å². The van der Waals surface area contributed by atoms with Crippen molar-refractivity contribution >= 4 is 5.97 Å². The number of carboxylic acids is 1. The van der Waals surface area contributed by atoms with Crippen LogP contribution in [0.3, 0.4) is 0 Å². The highest BCUT2D eigenvalue weighted by Gasteiger charge is 2.66. The predicted octanol–water partition coefficient (Wildman–Crippen LogP) is 1.48. The summed E-state index contributed by atoms with van der Waals surface area (Å²) in [7, 11) is 0. The van der Waals surface area contributed by atoms with E-state index < -0.39 is 22.9 Å². The first-order valence-corrected chi connectivity index (χ1v) is 9.38. The minimum absolute atomic E-state index is 0.0804. The molecule has 0 spiro atoms. The van der Waals surface area contributed by atoms with Crippen LogP contribution in [0.2, 0.25) is 0 Å². The van der Waals surface area contributed by atoms with E-state index in [-0.39, 0.29) is 31.7 Å². The highest BCUT2D eigenvalue weighted by Crippen LogP contribution is 2.64. The number of rotatable bonds is 7. The number of carboxylic acid groups (broad SMARTS) is 1. The van der Waals surface area contributed by atoms with Crippen LogP contribution in [0.15, 0.2) is 23.3 Å². The smallest absolute Gasteiger partial charge is 0.312 e. The van der Waals surface area contributed by atoms with Gasteiger partial charge in [-0.25, -0.2) is 0 Å². The molecule has 0 aliphatic heterocycles. The summed E-state index contributed by atoms with van der Waals surface area (Å²) in [4.78, 5) is 12.4. The van der Waals surface area contributed by atoms with Crippen molar-refractivity contribution in [3.8, 4) is 0 Å². The highest BCUT2D eigenvalue weighted by molar-refractivity contribution is 5.77. The number of hydrogen-bond acceptors (Lipinski definition) is 5. The van der Waals surface area contributed by atoms with Crippen molar-refractivity contribution in [3.05, 3.63) is 23.3 Å². The summed E-state index contributed by atoms with van der Waals surface area (Å²) in [6.45, 7) is 3.23. The maximum atomic E-state index is 12.4. The van der Waals surface area contributed by atoms with Crippen LogP contribution in [0.4, 0.5) is 0 Å². The van der Waals surface area contributed by atoms with Crippen molar-refractivity contribution in [2.45, 2.75) is 52.1 Å². The number of aliphatic carboxylic acids is 1. The Morgan fingerprint density at radius 3 is 2.58 bits per heavy atom. The number of aliphatic hydroxyl groups excluding tert-OH is 4. The fourth-order valence-electron chi connectivity index (χ4n) is 5.44. The molecular weight excluding hydrogens is 336 g/mol. The lowest BCUT2D eigenvalue weighted by atomic mass is 9.62. The zero-order valence-corrected chi connectivity index (χ0v) is 15.7. The Morgan fingerprint density at radius 1 is 1.35 bits per heavy atom. The molecule has 0 saturated heterocycles. The van der Waals surface area contributed by atoms with Gasteiger partial charge in [0.05, 0.1) is 19.3 Å². The predicted molar refractivity (Wildman–Crippen MR) is 97.3 cm³/mol. The van der Waals surface area contributed by atoms with Gasteiger partial charge in [-0.2, -0.15) is 0 Å². The Bertz CT molecular complexity index is 583. The first-order valence-electron chi connectivity index (χ1n) is 9.38. The average molecular weight is 368 g/mol. The molecule has 6 heteroatoms. The summed E-state index contributed by atoms with van der Waals surface area (Å²) in [5.41, 5.74) is -0.559. The van der Waals surface area contributed by atoms with Crippen molar-refractivity contribution in [1.29, 1.82) is 0 Å². The molecule has 6 nitrogen and oxygen atoms in total. The molecule has 2 rings (SSSR count). The molecule has 0 aromatic rings. The van der Waals surface area contributed by atoms with Gasteiger partial charge < -0.3 is 25.5 Å². The Morgan fingerprint density at radius 2 is 2.04 bits per heavy atom. The van der Waals surface area contributed by atoms with Crippen LogP contribution in [-0.2, 0) is 4.79 Å². The van der Waals surface area contributed by atoms with E-state index in [9.17, 15) is 25.2 Å². The molecule has 0 amide bonds. The molecule has 148 valence electrons. The zero-order valence-electron chi connectivity index (χ0n) is 15.7. The van der Waals surface area contributed by atoms with Gasteiger partial charge in [0.1, 0.15) is 5.41 Å². The van der Waals surface area contributed by atoms with Gasteiger partial charge in [0, 0.05) is 12.0 Å². The Balaban J connectivity index is 2.44. The number of hydrogen-bond donors (Lipinski definition) is 5. The molecule has 5 N–H and O–H groups in total. The summed E-state index contributed by atoms with van der Waals surface area (Å²) < 4.78 is 0. The van der Waals surface area contributed by atoms with E-state index >= 15 is 0 Å². The standard InChI is InChI=1S/C20H32O6/c1-13-4-3-5-16-19(12-23,8-6-15(11-22)7-9-21)14(2)10-20(16,17(13)24)18(25)26/h4,7,14,16-17,21-24H,3,5-6,8-12H2,1-2H3,(H,25,26)/b15-7-/t14-,16-,17-,19-,20-/m1/s1. The maximum Gasteiger partial charge on any atom is 0.312 e. The van der Waals surface area contributed by atoms with Gasteiger partial charge in [0.2, 0.25) is 0 Å². The molecule has 26 heavy (non-hydrogen) atoms. The lowest BCUT2D eigenvalue weighted by Gasteiger charge is -2.43. The normalized spacial score (nSPS) is 37.8. The molecule has 2 aliphatic rings. The van der Waals surface area contributed by atoms with Gasteiger partial charge in [-0.1, -0.05) is 19.1 Å². The first kappa shape index (κ1) is 21.1. The van der Waals surface area contributed by atoms with Crippen molar-refractivity contribution in [1.82, 2.24) is 0 Å². The SMILES string of the molecule is CC1=CCC[C@@H]2[C@@](CO)(CC/C(=C/CO)CO)[C@H](C)C[C@]2(C(=O)O)[C@@H]1O. The Kier molecular flexibility index (Phi) is 6.66. The van der Waals surface area contributed by atoms with E-state index in [0.717, 1.165) is 0 Å². The molecule has 0 heterocycles. The van der Waals surface area contributed by atoms with Crippen LogP contribution in [0, 0.1) is 22.7 Å². The molecule has 0 aromatic carbocycles. The largest absolute Gasteiger partial charge is 0.481 e. The summed E-state index contributed by atoms with van der Waals surface area (Å²) in [5.74, 6) is -1.44. The molecule has 0 bridgehead atoms. The van der Waals surface area contributed by atoms with E-state index in [1.807, 2.05) is 13.0 Å². The van der Waals surface area contributed by atoms with Crippen molar-refractivity contribution in [2.75, 3.05) is 19.8 Å². The molecule has 0 aromatic heterocycles. The summed E-state index contributed by atoms with van der Waals surface area (Å²) in [5, 5.41) is 49.9. The van der Waals surface area contributed by atoms with E-state index in [4.69, 9.17) is 5.11 Å². The minimum atomic E-state index is -1.29. The van der Waals surface area contributed by atoms with Crippen LogP contribution >= 0.6 is 0 Å². The quantitative estimate of drug-likeness (QED) is 0.435. The summed E-state index contributed by atoms with van der Waals surface area (Å²) >= 11 is 0. The fraction of sp³-hybridized carbons (Fsp3) is 0.750. The molecule has 5 atom stereocenters. The Labute approximate surface area is 154 Å². The number of aliphatic hydroxyl groups is 4. The average Bonchev–Trinajstić information content (AvgIpc) is 2.79. The van der Waals surface area contributed by atoms with Crippen LogP contribution in [0.25, 0.3) is 0 Å². The first-order chi connectivity index (χ1) is 12.3. The highest BCUT2D eigenvalue weighted by atomic mass is 16.4. The van der Waals surface area contributed by atoms with Crippen LogP contribution in [-0.4, -0.2) is 57.4 Å². The molecule has 2 aliphatic carbocycles. The Hall–Kier alpha value is -1.21. The number of carbonyl (C=O) groups is 1. The fourth-order valence-corrected chi connectivity index (χ4v) is 5.44. The van der Waals surface area contributed by atoms with Crippen LogP contribution in [0.1, 0.15) is 46.0 Å². The van der Waals surface area contributed by atoms with Gasteiger partial charge in [0.15, 0.2) is 0 Å². The molecule has 1 fully saturated rings. The minimum Gasteiger partial charge on any atom is -0.481 e. The molecule has 0 unspecified atom stereocenters. The van der Waals surface area contributed by atoms with Crippen LogP contribution < -0.4 is 0 Å². The maximum absolute atomic E-state index is 12.4. The second kappa shape index (κ2) is 8.21. The molecular formula is C20H32O6. The van der Waals surface area contributed by atoms with Gasteiger partial charge in [-0.3, -0.25) is 4.79 Å². The monoisotopic (exact) mass is 368 g/mol. The second-order valence-electron chi connectivity index (χ2n) is 8.03. The topological polar surface area (TPSA) is 118 Å². The summed E-state index contributed by atoms with van der Waals surface area (Å²) in [6.07, 6.45) is 5.00. The van der Waals surface area contributed by atoms with E-state index in [1.54, 1.807) is 13.0 Å². The van der Waals surface area contributed by atoms with Gasteiger partial charge in [-0.05, 0) is 62.0 Å².